The number of thiophene rings is 1. The van der Waals surface area contributed by atoms with Crippen LogP contribution in [-0.4, -0.2) is 15.2 Å². The smallest absolute Gasteiger partial charge is 0.181 e. The first-order valence-electron chi connectivity index (χ1n) is 5.17. The Morgan fingerprint density at radius 3 is 2.56 bits per heavy atom. The van der Waals surface area contributed by atoms with E-state index in [1.54, 1.807) is 11.3 Å². The van der Waals surface area contributed by atoms with Crippen LogP contribution in [0.4, 0.5) is 0 Å². The number of benzene rings is 1. The van der Waals surface area contributed by atoms with E-state index in [1.807, 2.05) is 36.4 Å². The molecule has 18 heavy (non-hydrogen) atoms. The highest BCUT2D eigenvalue weighted by molar-refractivity contribution is 9.13. The number of halogens is 2. The van der Waals surface area contributed by atoms with Crippen LogP contribution in [-0.2, 0) is 0 Å². The highest BCUT2D eigenvalue weighted by Gasteiger charge is 2.11. The predicted octanol–water partition coefficient (Wildman–Crippen LogP) is 4.73. The number of nitrogens with zero attached hydrogens (tertiary/aromatic N) is 2. The van der Waals surface area contributed by atoms with Gasteiger partial charge in [-0.2, -0.15) is 5.10 Å². The largest absolute Gasteiger partial charge is 0.258 e. The number of rotatable bonds is 2. The van der Waals surface area contributed by atoms with E-state index in [0.29, 0.717) is 5.82 Å². The van der Waals surface area contributed by atoms with Gasteiger partial charge >= 0.3 is 0 Å². The van der Waals surface area contributed by atoms with Crippen molar-refractivity contribution in [1.82, 2.24) is 15.2 Å². The lowest BCUT2D eigenvalue weighted by Crippen LogP contribution is -1.78. The van der Waals surface area contributed by atoms with Crippen molar-refractivity contribution in [1.29, 1.82) is 0 Å². The Hall–Kier alpha value is -0.980. The van der Waals surface area contributed by atoms with Gasteiger partial charge in [0.2, 0.25) is 0 Å². The molecule has 6 heteroatoms. The summed E-state index contributed by atoms with van der Waals surface area (Å²) in [5.41, 5.74) is 1.01. The summed E-state index contributed by atoms with van der Waals surface area (Å²) in [4.78, 5) is 5.55. The fourth-order valence-corrected chi connectivity index (χ4v) is 3.53. The maximum atomic E-state index is 4.51. The monoisotopic (exact) mass is 383 g/mol. The Bertz CT molecular complexity index is 656. The van der Waals surface area contributed by atoms with E-state index in [2.05, 4.69) is 47.0 Å². The Labute approximate surface area is 125 Å². The molecule has 0 amide bonds. The zero-order chi connectivity index (χ0) is 12.5. The molecule has 3 nitrogen and oxygen atoms in total. The van der Waals surface area contributed by atoms with Gasteiger partial charge in [-0.15, -0.1) is 11.3 Å². The third-order valence-electron chi connectivity index (χ3n) is 2.40. The highest BCUT2D eigenvalue weighted by atomic mass is 79.9. The van der Waals surface area contributed by atoms with Crippen LogP contribution in [0.2, 0.25) is 0 Å². The lowest BCUT2D eigenvalue weighted by molar-refractivity contribution is 1.10. The third kappa shape index (κ3) is 2.28. The predicted molar refractivity (Wildman–Crippen MR) is 80.5 cm³/mol. The molecular weight excluding hydrogens is 378 g/mol. The second-order valence-electron chi connectivity index (χ2n) is 3.61. The van der Waals surface area contributed by atoms with Crippen LogP contribution >= 0.6 is 43.2 Å². The van der Waals surface area contributed by atoms with E-state index in [1.165, 1.54) is 0 Å². The SMILES string of the molecule is Brc1cc(-c2nc(-c3ccccc3)n[nH]2)sc1Br. The normalized spacial score (nSPS) is 10.8. The lowest BCUT2D eigenvalue weighted by Gasteiger charge is -1.91. The molecule has 0 radical (unpaired) electrons. The number of nitrogens with one attached hydrogen (secondary N) is 1. The third-order valence-corrected chi connectivity index (χ3v) is 5.66. The van der Waals surface area contributed by atoms with Gasteiger partial charge in [-0.05, 0) is 37.9 Å². The molecule has 0 fully saturated rings. The molecule has 1 aromatic carbocycles. The standard InChI is InChI=1S/C12H7Br2N3S/c13-8-6-9(18-10(8)14)12-15-11(16-17-12)7-4-2-1-3-5-7/h1-6H,(H,15,16,17). The zero-order valence-electron chi connectivity index (χ0n) is 9.02. The van der Waals surface area contributed by atoms with Crippen molar-refractivity contribution < 1.29 is 0 Å². The summed E-state index contributed by atoms with van der Waals surface area (Å²) in [5.74, 6) is 1.50. The Kier molecular flexibility index (Phi) is 3.32. The molecule has 3 rings (SSSR count). The van der Waals surface area contributed by atoms with Crippen molar-refractivity contribution >= 4 is 43.2 Å². The van der Waals surface area contributed by atoms with Crippen LogP contribution in [0.3, 0.4) is 0 Å². The van der Waals surface area contributed by atoms with Gasteiger partial charge in [-0.1, -0.05) is 30.3 Å². The van der Waals surface area contributed by atoms with Crippen LogP contribution in [0, 0.1) is 0 Å². The van der Waals surface area contributed by atoms with Crippen molar-refractivity contribution in [2.24, 2.45) is 0 Å². The minimum atomic E-state index is 0.714. The van der Waals surface area contributed by atoms with Crippen LogP contribution in [0.15, 0.2) is 44.7 Å². The van der Waals surface area contributed by atoms with Gasteiger partial charge in [0.1, 0.15) is 0 Å². The summed E-state index contributed by atoms with van der Waals surface area (Å²) in [7, 11) is 0. The Morgan fingerprint density at radius 1 is 1.11 bits per heavy atom. The summed E-state index contributed by atoms with van der Waals surface area (Å²) in [6, 6.07) is 11.9. The van der Waals surface area contributed by atoms with E-state index in [0.717, 1.165) is 24.5 Å². The minimum Gasteiger partial charge on any atom is -0.258 e. The van der Waals surface area contributed by atoms with Gasteiger partial charge < -0.3 is 0 Å². The molecule has 0 aliphatic carbocycles. The summed E-state index contributed by atoms with van der Waals surface area (Å²) < 4.78 is 2.08. The number of hydrogen-bond donors (Lipinski definition) is 1. The van der Waals surface area contributed by atoms with Crippen molar-refractivity contribution in [2.45, 2.75) is 0 Å². The first-order valence-corrected chi connectivity index (χ1v) is 7.57. The minimum absolute atomic E-state index is 0.714. The molecule has 2 heterocycles. The van der Waals surface area contributed by atoms with Crippen LogP contribution in [0.5, 0.6) is 0 Å². The molecule has 0 saturated carbocycles. The van der Waals surface area contributed by atoms with E-state index in [4.69, 9.17) is 0 Å². The molecule has 0 saturated heterocycles. The quantitative estimate of drug-likeness (QED) is 0.694. The topological polar surface area (TPSA) is 41.6 Å². The van der Waals surface area contributed by atoms with Crippen LogP contribution in [0.25, 0.3) is 22.1 Å². The van der Waals surface area contributed by atoms with Gasteiger partial charge in [0.05, 0.1) is 8.66 Å². The molecule has 0 aliphatic rings. The van der Waals surface area contributed by atoms with Crippen molar-refractivity contribution in [3.05, 3.63) is 44.7 Å². The number of aromatic amines is 1. The van der Waals surface area contributed by atoms with E-state index >= 15 is 0 Å². The second kappa shape index (κ2) is 4.95. The zero-order valence-corrected chi connectivity index (χ0v) is 13.0. The maximum Gasteiger partial charge on any atom is 0.181 e. The lowest BCUT2D eigenvalue weighted by atomic mass is 10.2. The van der Waals surface area contributed by atoms with Gasteiger partial charge in [-0.3, -0.25) is 5.10 Å². The second-order valence-corrected chi connectivity index (χ2v) is 6.83. The van der Waals surface area contributed by atoms with Gasteiger partial charge in [-0.25, -0.2) is 4.98 Å². The van der Waals surface area contributed by atoms with Gasteiger partial charge in [0.15, 0.2) is 11.6 Å². The average Bonchev–Trinajstić information content (AvgIpc) is 2.99. The molecule has 0 spiro atoms. The molecule has 3 aromatic rings. The molecule has 0 atom stereocenters. The van der Waals surface area contributed by atoms with E-state index < -0.39 is 0 Å². The number of H-pyrrole nitrogens is 1. The summed E-state index contributed by atoms with van der Waals surface area (Å²) in [6.07, 6.45) is 0. The summed E-state index contributed by atoms with van der Waals surface area (Å²) in [6.45, 7) is 0. The molecule has 2 aromatic heterocycles. The van der Waals surface area contributed by atoms with E-state index in [-0.39, 0.29) is 0 Å². The number of aromatic nitrogens is 3. The van der Waals surface area contributed by atoms with Crippen molar-refractivity contribution in [3.63, 3.8) is 0 Å². The maximum absolute atomic E-state index is 4.51. The molecule has 1 N–H and O–H groups in total. The Balaban J connectivity index is 1.99. The van der Waals surface area contributed by atoms with E-state index in [9.17, 15) is 0 Å². The summed E-state index contributed by atoms with van der Waals surface area (Å²) in [5, 5.41) is 7.21. The molecule has 90 valence electrons. The van der Waals surface area contributed by atoms with Crippen LogP contribution < -0.4 is 0 Å². The fourth-order valence-electron chi connectivity index (χ4n) is 1.55. The Morgan fingerprint density at radius 2 is 1.89 bits per heavy atom. The van der Waals surface area contributed by atoms with Gasteiger partial charge in [0, 0.05) is 10.0 Å². The molecular formula is C12H7Br2N3S. The molecule has 0 unspecified atom stereocenters. The van der Waals surface area contributed by atoms with Crippen LogP contribution in [0.1, 0.15) is 0 Å². The highest BCUT2D eigenvalue weighted by Crippen LogP contribution is 2.37. The molecule has 0 bridgehead atoms. The first kappa shape index (κ1) is 12.1. The summed E-state index contributed by atoms with van der Waals surface area (Å²) >= 11 is 8.55. The number of hydrogen-bond acceptors (Lipinski definition) is 3. The first-order chi connectivity index (χ1) is 8.74. The fraction of sp³-hybridized carbons (Fsp3) is 0. The van der Waals surface area contributed by atoms with Gasteiger partial charge in [0.25, 0.3) is 0 Å². The van der Waals surface area contributed by atoms with Crippen molar-refractivity contribution in [3.8, 4) is 22.1 Å². The van der Waals surface area contributed by atoms with Crippen molar-refractivity contribution in [2.75, 3.05) is 0 Å². The average molecular weight is 385 g/mol. The molecule has 0 aliphatic heterocycles.